The smallest absolute Gasteiger partial charge is 1.00 e. The summed E-state index contributed by atoms with van der Waals surface area (Å²) in [6.45, 7) is 17.1. The van der Waals surface area contributed by atoms with E-state index >= 15 is 0 Å². The van der Waals surface area contributed by atoms with E-state index in [0.29, 0.717) is 98.8 Å². The predicted octanol–water partition coefficient (Wildman–Crippen LogP) is 2.65. The summed E-state index contributed by atoms with van der Waals surface area (Å²) in [5.41, 5.74) is 11.5. The van der Waals surface area contributed by atoms with Crippen molar-refractivity contribution < 1.29 is 182 Å². The molecule has 28 heteroatoms. The van der Waals surface area contributed by atoms with Crippen LogP contribution in [0.25, 0.3) is 16.7 Å². The third kappa shape index (κ3) is 23.8. The Balaban J connectivity index is 0.000000588. The number of pyridine rings is 3. The van der Waals surface area contributed by atoms with E-state index in [1.807, 2.05) is 27.7 Å². The first-order chi connectivity index (χ1) is 41.6. The van der Waals surface area contributed by atoms with Crippen LogP contribution in [0.5, 0.6) is 34.9 Å². The van der Waals surface area contributed by atoms with Gasteiger partial charge < -0.3 is 54.6 Å². The standard InChI is InChI=1S/2C19H23N3O4.C12H17BrN2O.C7H7NO3.CH3F.CH2O3.2K.H/c2*1-13(2)22-17(4-6-21-22)16-12-25-7-5-14(16)11-26-18-9-20-19(24-3)8-15(18)10-23;1-9(2)15-12(3-5-14-15)11-8-16-6-4-10(11)7-13;1-11-7-2-5(4-9)6(10)3-8-7;1-2;2-1-4-3;;;/h2*4,6,8-10,13H,5,7,11-12H2,1-3H3;3,5,9H,4,6-8H2,1-2H3;2-4,10H,1H3;1H3;1,3H;;;/q;;;;;;2*+1;-1/p-1/i;;;;1D;;;;. The zero-order valence-electron chi connectivity index (χ0n) is 53.1. The van der Waals surface area contributed by atoms with Crippen LogP contribution in [0.3, 0.4) is 0 Å². The topological polar surface area (TPSA) is 287 Å². The van der Waals surface area contributed by atoms with Gasteiger partial charge >= 0.3 is 103 Å². The molecule has 0 amide bonds. The quantitative estimate of drug-likeness (QED) is 0.0378. The van der Waals surface area contributed by atoms with Gasteiger partial charge in [0, 0.05) is 77.0 Å². The number of halogens is 2. The molecule has 0 fully saturated rings. The summed E-state index contributed by atoms with van der Waals surface area (Å²) in [5, 5.41) is 31.5. The van der Waals surface area contributed by atoms with Gasteiger partial charge in [-0.05, 0) is 95.7 Å². The van der Waals surface area contributed by atoms with Crippen LogP contribution < -0.4 is 132 Å². The van der Waals surface area contributed by atoms with E-state index in [9.17, 15) is 18.8 Å². The molecule has 87 heavy (non-hydrogen) atoms. The van der Waals surface area contributed by atoms with Gasteiger partial charge in [0.15, 0.2) is 18.9 Å². The zero-order valence-corrected chi connectivity index (χ0v) is 58.9. The van der Waals surface area contributed by atoms with Gasteiger partial charge in [-0.1, -0.05) is 15.9 Å². The minimum Gasteiger partial charge on any atom is -1.00 e. The molecule has 9 heterocycles. The molecule has 462 valence electrons. The zero-order chi connectivity index (χ0) is 63.0. The first kappa shape index (κ1) is 76.3. The number of carbonyl (C=O) groups is 4. The van der Waals surface area contributed by atoms with Crippen molar-refractivity contribution in [3.05, 3.63) is 124 Å². The summed E-state index contributed by atoms with van der Waals surface area (Å²) in [6.07, 6.45) is 14.3. The monoisotopic (exact) mass is 1330 g/mol. The summed E-state index contributed by atoms with van der Waals surface area (Å²) in [7, 11) is 3.46. The number of aldehydes is 3. The summed E-state index contributed by atoms with van der Waals surface area (Å²) in [6, 6.07) is 11.5. The van der Waals surface area contributed by atoms with E-state index < -0.39 is 7.15 Å². The van der Waals surface area contributed by atoms with Crippen LogP contribution in [0.4, 0.5) is 4.39 Å². The van der Waals surface area contributed by atoms with Crippen LogP contribution in [0.15, 0.2) is 90.3 Å². The van der Waals surface area contributed by atoms with Crippen molar-refractivity contribution in [1.82, 2.24) is 44.3 Å². The van der Waals surface area contributed by atoms with Crippen LogP contribution >= 0.6 is 15.9 Å². The number of methoxy groups -OCH3 is 3. The van der Waals surface area contributed by atoms with Gasteiger partial charge in [0.05, 0.1) is 122 Å². The molecule has 0 saturated carbocycles. The SMILES string of the molecule is CC(C)n1nccc1C1=C(CBr)CCOC1.COc1cc(C=O)c(O)cn1.COc1cc(C=O)c(OCC2=C(c3ccnn3C(C)C)COCC2)cn1.COc1cc(C=O)c(OCC2=C(c3ccnn3C(C)C)COCC2)cn1.O=CO[O-].[2H]CF.[H-].[K+].[K+]. The summed E-state index contributed by atoms with van der Waals surface area (Å²) in [5.74, 6) is 1.82. The Morgan fingerprint density at radius 1 is 0.621 bits per heavy atom. The molecule has 0 atom stereocenters. The molecule has 6 aromatic rings. The average molecular weight is 1330 g/mol. The number of carbonyl (C=O) groups excluding carboxylic acids is 4. The Morgan fingerprint density at radius 2 is 0.943 bits per heavy atom. The molecule has 0 spiro atoms. The Kier molecular flexibility index (Phi) is 37.7. The van der Waals surface area contributed by atoms with Gasteiger partial charge in [-0.3, -0.25) is 37.6 Å². The van der Waals surface area contributed by atoms with E-state index in [0.717, 1.165) is 77.5 Å². The molecule has 0 aliphatic carbocycles. The molecule has 3 aliphatic heterocycles. The van der Waals surface area contributed by atoms with Gasteiger partial charge in [0.1, 0.15) is 30.5 Å². The Morgan fingerprint density at radius 3 is 1.25 bits per heavy atom. The van der Waals surface area contributed by atoms with Crippen LogP contribution in [0.1, 0.15) is 130 Å². The fourth-order valence-corrected chi connectivity index (χ4v) is 9.12. The van der Waals surface area contributed by atoms with E-state index in [1.54, 1.807) is 24.5 Å². The van der Waals surface area contributed by atoms with Crippen LogP contribution in [-0.4, -0.2) is 161 Å². The van der Waals surface area contributed by atoms with Crippen LogP contribution in [0, 0.1) is 0 Å². The summed E-state index contributed by atoms with van der Waals surface area (Å²) >= 11 is 3.56. The van der Waals surface area contributed by atoms with Crippen molar-refractivity contribution in [2.75, 3.05) is 86.7 Å². The van der Waals surface area contributed by atoms with E-state index in [2.05, 4.69) is 103 Å². The molecule has 0 aromatic carbocycles. The molecular weight excluding hydrogens is 1250 g/mol. The maximum absolute atomic E-state index is 11.3. The first-order valence-corrected chi connectivity index (χ1v) is 27.8. The number of alkyl halides is 2. The molecule has 1 N–H and O–H groups in total. The fourth-order valence-electron chi connectivity index (χ4n) is 8.50. The number of aromatic nitrogens is 9. The Bertz CT molecular complexity index is 3070. The second-order valence-corrected chi connectivity index (χ2v) is 19.6. The Labute approximate surface area is 602 Å². The number of ether oxygens (including phenoxy) is 8. The maximum atomic E-state index is 11.3. The molecule has 0 bridgehead atoms. The second kappa shape index (κ2) is 42.9. The van der Waals surface area contributed by atoms with Crippen molar-refractivity contribution in [3.8, 4) is 34.9 Å². The van der Waals surface area contributed by atoms with Gasteiger partial charge in [-0.15, -0.1) is 0 Å². The number of hydrogen-bond donors (Lipinski definition) is 1. The van der Waals surface area contributed by atoms with Crippen molar-refractivity contribution in [3.63, 3.8) is 0 Å². The minimum absolute atomic E-state index is 0. The second-order valence-electron chi connectivity index (χ2n) is 19.0. The molecular formula is C59H75BrFK2N9O15. The van der Waals surface area contributed by atoms with Gasteiger partial charge in [0.2, 0.25) is 17.6 Å². The normalized spacial score (nSPS) is 13.5. The summed E-state index contributed by atoms with van der Waals surface area (Å²) in [4.78, 5) is 56.0. The number of rotatable bonds is 20. The predicted molar refractivity (Wildman–Crippen MR) is 315 cm³/mol. The molecule has 0 saturated heterocycles. The van der Waals surface area contributed by atoms with Gasteiger partial charge in [-0.25, -0.2) is 15.0 Å². The van der Waals surface area contributed by atoms with E-state index in [4.69, 9.17) is 54.4 Å². The van der Waals surface area contributed by atoms with Crippen molar-refractivity contribution in [2.24, 2.45) is 0 Å². The van der Waals surface area contributed by atoms with Crippen molar-refractivity contribution in [2.45, 2.75) is 78.9 Å². The molecule has 0 radical (unpaired) electrons. The molecule has 6 aromatic heterocycles. The van der Waals surface area contributed by atoms with Crippen LogP contribution in [-0.2, 0) is 23.9 Å². The summed E-state index contributed by atoms with van der Waals surface area (Å²) < 4.78 is 65.0. The molecule has 24 nitrogen and oxygen atoms in total. The number of hydrogen-bond acceptors (Lipinski definition) is 21. The van der Waals surface area contributed by atoms with Crippen molar-refractivity contribution in [1.29, 1.82) is 0 Å². The van der Waals surface area contributed by atoms with Gasteiger partial charge in [-0.2, -0.15) is 15.3 Å². The van der Waals surface area contributed by atoms with Crippen LogP contribution in [0.2, 0.25) is 0 Å². The molecule has 9 rings (SSSR count). The maximum Gasteiger partial charge on any atom is 1.00 e. The minimum atomic E-state index is -1.00. The first-order valence-electron chi connectivity index (χ1n) is 27.4. The number of nitrogens with zero attached hydrogens (tertiary/aromatic N) is 9. The molecule has 0 unspecified atom stereocenters. The fraction of sp³-hybridized carbons (Fsp3) is 0.424. The largest absolute Gasteiger partial charge is 1.00 e. The Hall–Kier alpha value is -4.90. The van der Waals surface area contributed by atoms with Crippen molar-refractivity contribution >= 4 is 58.0 Å². The van der Waals surface area contributed by atoms with Gasteiger partial charge in [0.25, 0.3) is 6.47 Å². The third-order valence-electron chi connectivity index (χ3n) is 12.7. The van der Waals surface area contributed by atoms with E-state index in [-0.39, 0.29) is 134 Å². The molecule has 3 aliphatic rings. The number of aromatic hydroxyl groups is 1. The third-order valence-corrected chi connectivity index (χ3v) is 13.4. The average Bonchev–Trinajstić information content (AvgIpc) is 4.02. The van der Waals surface area contributed by atoms with E-state index in [1.165, 1.54) is 62.8 Å².